The van der Waals surface area contributed by atoms with Crippen LogP contribution in [0.4, 0.5) is 0 Å². The number of hydrogen-bond acceptors (Lipinski definition) is 3. The van der Waals surface area contributed by atoms with Crippen molar-refractivity contribution < 1.29 is 9.84 Å². The van der Waals surface area contributed by atoms with Crippen LogP contribution in [0.3, 0.4) is 0 Å². The summed E-state index contributed by atoms with van der Waals surface area (Å²) >= 11 is 0. The molecule has 0 aliphatic heterocycles. The van der Waals surface area contributed by atoms with Crippen LogP contribution < -0.4 is 0 Å². The first kappa shape index (κ1) is 16.3. The molecule has 2 saturated carbocycles. The molecule has 20 heavy (non-hydrogen) atoms. The highest BCUT2D eigenvalue weighted by atomic mass is 16.5. The van der Waals surface area contributed by atoms with Crippen molar-refractivity contribution in [2.75, 3.05) is 26.2 Å². The predicted octanol–water partition coefficient (Wildman–Crippen LogP) is 2.92. The number of aliphatic hydroxyl groups excluding tert-OH is 1. The molecule has 2 fully saturated rings. The summed E-state index contributed by atoms with van der Waals surface area (Å²) < 4.78 is 6.15. The first-order chi connectivity index (χ1) is 9.35. The summed E-state index contributed by atoms with van der Waals surface area (Å²) in [4.78, 5) is 2.25. The topological polar surface area (TPSA) is 32.7 Å². The van der Waals surface area contributed by atoms with Gasteiger partial charge in [-0.1, -0.05) is 34.6 Å². The fraction of sp³-hybridized carbons (Fsp3) is 1.00. The van der Waals surface area contributed by atoms with Crippen molar-refractivity contribution in [1.29, 1.82) is 0 Å². The summed E-state index contributed by atoms with van der Waals surface area (Å²) in [5.74, 6) is 0.803. The molecule has 0 spiro atoms. The molecule has 4 atom stereocenters. The zero-order valence-corrected chi connectivity index (χ0v) is 14.0. The minimum absolute atomic E-state index is 0.298. The van der Waals surface area contributed by atoms with Crippen LogP contribution in [0, 0.1) is 16.7 Å². The smallest absolute Gasteiger partial charge is 0.0900 e. The van der Waals surface area contributed by atoms with Gasteiger partial charge >= 0.3 is 0 Å². The molecule has 2 aliphatic carbocycles. The summed E-state index contributed by atoms with van der Waals surface area (Å²) in [5, 5.41) is 10.2. The van der Waals surface area contributed by atoms with E-state index in [1.54, 1.807) is 0 Å². The number of hydrogen-bond donors (Lipinski definition) is 1. The average molecular weight is 283 g/mol. The van der Waals surface area contributed by atoms with E-state index in [0.717, 1.165) is 25.6 Å². The Kier molecular flexibility index (Phi) is 4.83. The molecular formula is C17H33NO2. The van der Waals surface area contributed by atoms with E-state index in [1.807, 2.05) is 0 Å². The molecule has 1 N–H and O–H groups in total. The second-order valence-electron chi connectivity index (χ2n) is 7.57. The van der Waals surface area contributed by atoms with Crippen LogP contribution in [0.25, 0.3) is 0 Å². The van der Waals surface area contributed by atoms with Crippen molar-refractivity contribution in [2.24, 2.45) is 16.7 Å². The van der Waals surface area contributed by atoms with Gasteiger partial charge in [0.2, 0.25) is 0 Å². The summed E-state index contributed by atoms with van der Waals surface area (Å²) in [7, 11) is 0. The van der Waals surface area contributed by atoms with E-state index < -0.39 is 0 Å². The maximum absolute atomic E-state index is 10.2. The molecule has 0 heterocycles. The zero-order chi connectivity index (χ0) is 15.0. The van der Waals surface area contributed by atoms with E-state index in [1.165, 1.54) is 19.3 Å². The number of fused-ring (bicyclic) bond motifs is 2. The molecular weight excluding hydrogens is 250 g/mol. The Labute approximate surface area is 124 Å². The lowest BCUT2D eigenvalue weighted by Gasteiger charge is -2.39. The summed E-state index contributed by atoms with van der Waals surface area (Å²) in [6, 6.07) is 0. The third kappa shape index (κ3) is 2.65. The molecule has 0 radical (unpaired) electrons. The van der Waals surface area contributed by atoms with Gasteiger partial charge in [0.25, 0.3) is 0 Å². The molecule has 118 valence electrons. The fourth-order valence-corrected chi connectivity index (χ4v) is 4.44. The predicted molar refractivity (Wildman–Crippen MR) is 82.8 cm³/mol. The molecule has 3 heteroatoms. The SMILES string of the molecule is CCN(CC)C[C@H](O)CO[C@H]1C[C@H]2CC[C@@]1(C)C2(C)C. The van der Waals surface area contributed by atoms with E-state index >= 15 is 0 Å². The zero-order valence-electron chi connectivity index (χ0n) is 14.0. The number of nitrogens with zero attached hydrogens (tertiary/aromatic N) is 1. The van der Waals surface area contributed by atoms with Gasteiger partial charge in [0.15, 0.2) is 0 Å². The lowest BCUT2D eigenvalue weighted by Crippen LogP contribution is -2.40. The average Bonchev–Trinajstić information content (AvgIpc) is 2.75. The molecule has 0 amide bonds. The fourth-order valence-electron chi connectivity index (χ4n) is 4.44. The first-order valence-corrected chi connectivity index (χ1v) is 8.37. The molecule has 0 unspecified atom stereocenters. The van der Waals surface area contributed by atoms with Gasteiger partial charge < -0.3 is 14.7 Å². The molecule has 0 saturated heterocycles. The van der Waals surface area contributed by atoms with Crippen molar-refractivity contribution in [2.45, 2.75) is 66.1 Å². The summed E-state index contributed by atoms with van der Waals surface area (Å²) in [6.45, 7) is 14.7. The Balaban J connectivity index is 1.84. The normalized spacial score (nSPS) is 36.8. The van der Waals surface area contributed by atoms with Gasteiger partial charge in [-0.3, -0.25) is 0 Å². The molecule has 0 aromatic heterocycles. The second kappa shape index (κ2) is 5.94. The van der Waals surface area contributed by atoms with Crippen LogP contribution in [0.1, 0.15) is 53.9 Å². The maximum atomic E-state index is 10.2. The van der Waals surface area contributed by atoms with Crippen LogP contribution in [-0.4, -0.2) is 48.5 Å². The van der Waals surface area contributed by atoms with Gasteiger partial charge in [-0.15, -0.1) is 0 Å². The Morgan fingerprint density at radius 2 is 1.90 bits per heavy atom. The summed E-state index contributed by atoms with van der Waals surface area (Å²) in [5.41, 5.74) is 0.689. The van der Waals surface area contributed by atoms with E-state index in [2.05, 4.69) is 39.5 Å². The Morgan fingerprint density at radius 1 is 1.25 bits per heavy atom. The van der Waals surface area contributed by atoms with Crippen LogP contribution in [0.15, 0.2) is 0 Å². The second-order valence-corrected chi connectivity index (χ2v) is 7.57. The van der Waals surface area contributed by atoms with Gasteiger partial charge in [-0.2, -0.15) is 0 Å². The van der Waals surface area contributed by atoms with Crippen LogP contribution in [0.5, 0.6) is 0 Å². The van der Waals surface area contributed by atoms with Gasteiger partial charge in [0.1, 0.15) is 0 Å². The molecule has 2 aliphatic rings. The monoisotopic (exact) mass is 283 g/mol. The Bertz CT molecular complexity index is 327. The van der Waals surface area contributed by atoms with Crippen molar-refractivity contribution >= 4 is 0 Å². The van der Waals surface area contributed by atoms with Crippen molar-refractivity contribution in [3.63, 3.8) is 0 Å². The standard InChI is InChI=1S/C17H33NO2/c1-6-18(7-2)11-14(19)12-20-15-10-13-8-9-17(15,5)16(13,3)4/h13-15,19H,6-12H2,1-5H3/t13-,14+,15+,17-/m1/s1. The lowest BCUT2D eigenvalue weighted by atomic mass is 9.70. The Morgan fingerprint density at radius 3 is 2.35 bits per heavy atom. The van der Waals surface area contributed by atoms with Crippen LogP contribution in [-0.2, 0) is 4.74 Å². The number of aliphatic hydroxyl groups is 1. The molecule has 0 aromatic carbocycles. The highest BCUT2D eigenvalue weighted by Gasteiger charge is 2.61. The third-order valence-electron chi connectivity index (χ3n) is 6.57. The van der Waals surface area contributed by atoms with Crippen molar-refractivity contribution in [1.82, 2.24) is 4.90 Å². The van der Waals surface area contributed by atoms with Gasteiger partial charge in [-0.25, -0.2) is 0 Å². The number of ether oxygens (including phenoxy) is 1. The molecule has 0 aromatic rings. The number of rotatable bonds is 7. The molecule has 3 nitrogen and oxygen atoms in total. The number of likely N-dealkylation sites (N-methyl/N-ethyl adjacent to an activating group) is 1. The minimum Gasteiger partial charge on any atom is -0.389 e. The van der Waals surface area contributed by atoms with Gasteiger partial charge in [0.05, 0.1) is 18.8 Å². The molecule has 2 rings (SSSR count). The third-order valence-corrected chi connectivity index (χ3v) is 6.57. The van der Waals surface area contributed by atoms with E-state index in [9.17, 15) is 5.11 Å². The highest BCUT2D eigenvalue weighted by molar-refractivity contribution is 5.11. The largest absolute Gasteiger partial charge is 0.389 e. The summed E-state index contributed by atoms with van der Waals surface area (Å²) in [6.07, 6.45) is 3.79. The van der Waals surface area contributed by atoms with Crippen molar-refractivity contribution in [3.05, 3.63) is 0 Å². The van der Waals surface area contributed by atoms with E-state index in [-0.39, 0.29) is 6.10 Å². The lowest BCUT2D eigenvalue weighted by molar-refractivity contribution is -0.0789. The Hall–Kier alpha value is -0.120. The van der Waals surface area contributed by atoms with E-state index in [4.69, 9.17) is 4.74 Å². The first-order valence-electron chi connectivity index (χ1n) is 8.37. The quantitative estimate of drug-likeness (QED) is 0.780. The van der Waals surface area contributed by atoms with Crippen LogP contribution in [0.2, 0.25) is 0 Å². The van der Waals surface area contributed by atoms with Crippen molar-refractivity contribution in [3.8, 4) is 0 Å². The molecule has 2 bridgehead atoms. The highest BCUT2D eigenvalue weighted by Crippen LogP contribution is 2.66. The van der Waals surface area contributed by atoms with E-state index in [0.29, 0.717) is 23.5 Å². The van der Waals surface area contributed by atoms with Gasteiger partial charge in [-0.05, 0) is 49.1 Å². The minimum atomic E-state index is -0.360. The van der Waals surface area contributed by atoms with Gasteiger partial charge in [0, 0.05) is 6.54 Å². The maximum Gasteiger partial charge on any atom is 0.0900 e. The van der Waals surface area contributed by atoms with Crippen LogP contribution >= 0.6 is 0 Å².